The molecule has 1 aliphatic heterocycles. The topological polar surface area (TPSA) is 131 Å². The fourth-order valence-corrected chi connectivity index (χ4v) is 4.64. The van der Waals surface area contributed by atoms with E-state index in [0.717, 1.165) is 25.7 Å². The smallest absolute Gasteiger partial charge is 0.305 e. The van der Waals surface area contributed by atoms with Gasteiger partial charge >= 0.3 is 5.97 Å². The van der Waals surface area contributed by atoms with Crippen LogP contribution in [0.2, 0.25) is 0 Å². The molecule has 0 aromatic rings. The van der Waals surface area contributed by atoms with E-state index >= 15 is 0 Å². The predicted octanol–water partition coefficient (Wildman–Crippen LogP) is 3.19. The van der Waals surface area contributed by atoms with E-state index in [9.17, 15) is 19.2 Å². The van der Waals surface area contributed by atoms with Crippen molar-refractivity contribution < 1.29 is 23.9 Å². The summed E-state index contributed by atoms with van der Waals surface area (Å²) in [5, 5.41) is 5.41. The number of unbranched alkanes of at least 4 members (excludes halogenated alkanes) is 10. The normalized spacial score (nSPS) is 16.0. The minimum atomic E-state index is -0.882. The second-order valence-electron chi connectivity index (χ2n) is 9.79. The maximum atomic E-state index is 13.0. The third-order valence-corrected chi connectivity index (χ3v) is 6.81. The number of amides is 3. The Hall–Kier alpha value is -2.16. The van der Waals surface area contributed by atoms with Crippen molar-refractivity contribution in [1.82, 2.24) is 15.5 Å². The molecule has 1 fully saturated rings. The van der Waals surface area contributed by atoms with Crippen molar-refractivity contribution in [2.75, 3.05) is 26.7 Å². The molecule has 208 valence electrons. The average molecular weight is 511 g/mol. The van der Waals surface area contributed by atoms with Crippen LogP contribution in [0.4, 0.5) is 0 Å². The van der Waals surface area contributed by atoms with Gasteiger partial charge in [-0.15, -0.1) is 0 Å². The van der Waals surface area contributed by atoms with E-state index in [1.165, 1.54) is 58.5 Å². The maximum Gasteiger partial charge on any atom is 0.305 e. The number of likely N-dealkylation sites (tertiary alicyclic amines) is 1. The van der Waals surface area contributed by atoms with Crippen molar-refractivity contribution in [2.24, 2.45) is 5.73 Å². The SMILES string of the molecule is CCCCCCCCCCCCCC(=O)N1CCCC1C(=O)NC(CCC(=O)OC)C(=O)NCCN. The van der Waals surface area contributed by atoms with Crippen molar-refractivity contribution in [1.29, 1.82) is 0 Å². The molecule has 1 saturated heterocycles. The number of hydrogen-bond acceptors (Lipinski definition) is 6. The van der Waals surface area contributed by atoms with Gasteiger partial charge in [-0.2, -0.15) is 0 Å². The van der Waals surface area contributed by atoms with E-state index < -0.39 is 24.0 Å². The van der Waals surface area contributed by atoms with Gasteiger partial charge in [-0.25, -0.2) is 0 Å². The summed E-state index contributed by atoms with van der Waals surface area (Å²) in [5.41, 5.74) is 5.45. The fraction of sp³-hybridized carbons (Fsp3) is 0.852. The second-order valence-corrected chi connectivity index (χ2v) is 9.79. The summed E-state index contributed by atoms with van der Waals surface area (Å²) in [6, 6.07) is -1.46. The lowest BCUT2D eigenvalue weighted by Gasteiger charge is -2.26. The lowest BCUT2D eigenvalue weighted by Crippen LogP contribution is -2.53. The third-order valence-electron chi connectivity index (χ3n) is 6.81. The van der Waals surface area contributed by atoms with Crippen LogP contribution in [0.3, 0.4) is 0 Å². The van der Waals surface area contributed by atoms with Crippen LogP contribution in [0, 0.1) is 0 Å². The van der Waals surface area contributed by atoms with Gasteiger partial charge in [-0.05, 0) is 25.7 Å². The second kappa shape index (κ2) is 20.0. The number of carbonyl (C=O) groups is 4. The highest BCUT2D eigenvalue weighted by Crippen LogP contribution is 2.20. The van der Waals surface area contributed by atoms with Crippen LogP contribution in [-0.4, -0.2) is 67.4 Å². The highest BCUT2D eigenvalue weighted by molar-refractivity contribution is 5.92. The molecule has 0 saturated carbocycles. The average Bonchev–Trinajstić information content (AvgIpc) is 3.38. The van der Waals surface area contributed by atoms with E-state index in [1.807, 2.05) is 0 Å². The monoisotopic (exact) mass is 510 g/mol. The van der Waals surface area contributed by atoms with Gasteiger partial charge in [0.1, 0.15) is 12.1 Å². The molecule has 0 spiro atoms. The summed E-state index contributed by atoms with van der Waals surface area (Å²) < 4.78 is 4.65. The molecular weight excluding hydrogens is 460 g/mol. The number of hydrogen-bond donors (Lipinski definition) is 3. The highest BCUT2D eigenvalue weighted by atomic mass is 16.5. The highest BCUT2D eigenvalue weighted by Gasteiger charge is 2.35. The first kappa shape index (κ1) is 31.9. The van der Waals surface area contributed by atoms with Gasteiger partial charge in [0.15, 0.2) is 0 Å². The van der Waals surface area contributed by atoms with Gasteiger partial charge < -0.3 is 26.0 Å². The third kappa shape index (κ3) is 13.2. The Kier molecular flexibility index (Phi) is 17.7. The minimum Gasteiger partial charge on any atom is -0.469 e. The summed E-state index contributed by atoms with van der Waals surface area (Å²) in [7, 11) is 1.28. The molecule has 3 amide bonds. The van der Waals surface area contributed by atoms with Crippen molar-refractivity contribution >= 4 is 23.7 Å². The molecule has 4 N–H and O–H groups in total. The first-order valence-electron chi connectivity index (χ1n) is 14.1. The lowest BCUT2D eigenvalue weighted by atomic mass is 10.0. The first-order chi connectivity index (χ1) is 17.4. The van der Waals surface area contributed by atoms with E-state index in [4.69, 9.17) is 5.73 Å². The van der Waals surface area contributed by atoms with Crippen molar-refractivity contribution in [3.8, 4) is 0 Å². The number of carbonyl (C=O) groups excluding carboxylic acids is 4. The van der Waals surface area contributed by atoms with Gasteiger partial charge in [-0.1, -0.05) is 71.1 Å². The Morgan fingerprint density at radius 3 is 2.14 bits per heavy atom. The molecule has 36 heavy (non-hydrogen) atoms. The molecule has 0 aliphatic carbocycles. The fourth-order valence-electron chi connectivity index (χ4n) is 4.64. The molecule has 2 atom stereocenters. The molecule has 9 nitrogen and oxygen atoms in total. The van der Waals surface area contributed by atoms with Gasteiger partial charge in [0, 0.05) is 32.5 Å². The number of nitrogens with two attached hydrogens (primary N) is 1. The molecule has 0 radical (unpaired) electrons. The molecule has 1 heterocycles. The Bertz CT molecular complexity index is 658. The summed E-state index contributed by atoms with van der Waals surface area (Å²) in [6.07, 6.45) is 15.4. The first-order valence-corrected chi connectivity index (χ1v) is 14.1. The zero-order chi connectivity index (χ0) is 26.6. The quantitative estimate of drug-likeness (QED) is 0.170. The van der Waals surface area contributed by atoms with Crippen LogP contribution in [0.15, 0.2) is 0 Å². The van der Waals surface area contributed by atoms with Gasteiger partial charge in [-0.3, -0.25) is 19.2 Å². The van der Waals surface area contributed by atoms with Crippen molar-refractivity contribution in [3.05, 3.63) is 0 Å². The van der Waals surface area contributed by atoms with Gasteiger partial charge in [0.2, 0.25) is 17.7 Å². The van der Waals surface area contributed by atoms with Crippen molar-refractivity contribution in [3.63, 3.8) is 0 Å². The summed E-state index contributed by atoms with van der Waals surface area (Å²) in [6.45, 7) is 3.34. The standard InChI is InChI=1S/C27H50N4O5/c1-3-4-5-6-7-8-9-10-11-12-13-16-24(32)31-21-14-15-23(31)27(35)30-22(17-18-25(33)36-2)26(34)29-20-19-28/h22-23H,3-21,28H2,1-2H3,(H,29,34)(H,30,35). The summed E-state index contributed by atoms with van der Waals surface area (Å²) in [4.78, 5) is 51.5. The molecule has 1 rings (SSSR count). The number of nitrogens with one attached hydrogen (secondary N) is 2. The van der Waals surface area contributed by atoms with Crippen molar-refractivity contribution in [2.45, 2.75) is 122 Å². The zero-order valence-electron chi connectivity index (χ0n) is 22.7. The van der Waals surface area contributed by atoms with E-state index in [1.54, 1.807) is 4.90 Å². The van der Waals surface area contributed by atoms with Crippen LogP contribution in [0.5, 0.6) is 0 Å². The van der Waals surface area contributed by atoms with Crippen LogP contribution in [0.25, 0.3) is 0 Å². The number of nitrogens with zero attached hydrogens (tertiary/aromatic N) is 1. The Balaban J connectivity index is 2.41. The number of ether oxygens (including phenoxy) is 1. The van der Waals surface area contributed by atoms with Crippen LogP contribution < -0.4 is 16.4 Å². The predicted molar refractivity (Wildman–Crippen MR) is 141 cm³/mol. The molecule has 2 unspecified atom stereocenters. The van der Waals surface area contributed by atoms with E-state index in [2.05, 4.69) is 22.3 Å². The molecule has 0 aromatic heterocycles. The van der Waals surface area contributed by atoms with Crippen LogP contribution in [0.1, 0.15) is 110 Å². The minimum absolute atomic E-state index is 0.00210. The Morgan fingerprint density at radius 2 is 1.56 bits per heavy atom. The van der Waals surface area contributed by atoms with E-state index in [0.29, 0.717) is 19.4 Å². The van der Waals surface area contributed by atoms with E-state index in [-0.39, 0.29) is 37.7 Å². The Labute approximate surface area is 217 Å². The van der Waals surface area contributed by atoms with Crippen LogP contribution in [-0.2, 0) is 23.9 Å². The lowest BCUT2D eigenvalue weighted by molar-refractivity contribution is -0.141. The summed E-state index contributed by atoms with van der Waals surface area (Å²) in [5.74, 6) is -1.19. The number of esters is 1. The van der Waals surface area contributed by atoms with Gasteiger partial charge in [0.25, 0.3) is 0 Å². The van der Waals surface area contributed by atoms with Crippen LogP contribution >= 0.6 is 0 Å². The largest absolute Gasteiger partial charge is 0.469 e. The van der Waals surface area contributed by atoms with Gasteiger partial charge in [0.05, 0.1) is 7.11 Å². The molecular formula is C27H50N4O5. The molecule has 1 aliphatic rings. The number of rotatable bonds is 20. The molecule has 0 aromatic carbocycles. The Morgan fingerprint density at radius 1 is 0.944 bits per heavy atom. The summed E-state index contributed by atoms with van der Waals surface area (Å²) >= 11 is 0. The molecule has 9 heteroatoms. The number of methoxy groups -OCH3 is 1. The molecule has 0 bridgehead atoms. The zero-order valence-corrected chi connectivity index (χ0v) is 22.7. The maximum absolute atomic E-state index is 13.0.